The van der Waals surface area contributed by atoms with Crippen LogP contribution in [0.1, 0.15) is 46.5 Å². The Bertz CT molecular complexity index is 234. The van der Waals surface area contributed by atoms with E-state index in [2.05, 4.69) is 13.8 Å². The van der Waals surface area contributed by atoms with E-state index in [4.69, 9.17) is 0 Å². The summed E-state index contributed by atoms with van der Waals surface area (Å²) in [6.07, 6.45) is 3.73. The Morgan fingerprint density at radius 1 is 1.29 bits per heavy atom. The second-order valence-electron chi connectivity index (χ2n) is 5.91. The lowest BCUT2D eigenvalue weighted by atomic mass is 9.63. The van der Waals surface area contributed by atoms with E-state index in [-0.39, 0.29) is 5.41 Å². The lowest BCUT2D eigenvalue weighted by molar-refractivity contribution is -0.127. The van der Waals surface area contributed by atoms with Crippen molar-refractivity contribution in [3.63, 3.8) is 0 Å². The fourth-order valence-electron chi connectivity index (χ4n) is 3.83. The van der Waals surface area contributed by atoms with Gasteiger partial charge in [0.25, 0.3) is 0 Å². The highest BCUT2D eigenvalue weighted by Gasteiger charge is 2.62. The summed E-state index contributed by atoms with van der Waals surface area (Å²) in [6.45, 7) is 6.11. The minimum atomic E-state index is -0.621. The second-order valence-corrected chi connectivity index (χ2v) is 5.91. The van der Waals surface area contributed by atoms with Gasteiger partial charge in [-0.2, -0.15) is 0 Å². The molecular weight excluding hydrogens is 176 g/mol. The van der Waals surface area contributed by atoms with Crippen molar-refractivity contribution >= 4 is 0 Å². The molecule has 0 spiro atoms. The molecule has 2 aliphatic rings. The SMILES string of the molecule is CC(O)CC1(O)C2CCC(C2)C1(C)C. The van der Waals surface area contributed by atoms with E-state index in [0.29, 0.717) is 18.3 Å². The van der Waals surface area contributed by atoms with Crippen LogP contribution in [0.2, 0.25) is 0 Å². The van der Waals surface area contributed by atoms with Crippen LogP contribution >= 0.6 is 0 Å². The summed E-state index contributed by atoms with van der Waals surface area (Å²) in [7, 11) is 0. The Balaban J connectivity index is 2.25. The number of hydrogen-bond acceptors (Lipinski definition) is 2. The summed E-state index contributed by atoms with van der Waals surface area (Å²) in [5, 5.41) is 20.2. The van der Waals surface area contributed by atoms with Crippen molar-refractivity contribution in [2.75, 3.05) is 0 Å². The number of fused-ring (bicyclic) bond motifs is 2. The average Bonchev–Trinajstić information content (AvgIpc) is 2.54. The third kappa shape index (κ3) is 1.17. The second kappa shape index (κ2) is 2.96. The molecule has 0 heterocycles. The minimum absolute atomic E-state index is 0.00704. The molecule has 2 bridgehead atoms. The van der Waals surface area contributed by atoms with Gasteiger partial charge in [0.1, 0.15) is 0 Å². The summed E-state index contributed by atoms with van der Waals surface area (Å²) in [5.74, 6) is 1.09. The molecule has 0 aromatic heterocycles. The normalized spacial score (nSPS) is 46.9. The molecule has 0 amide bonds. The zero-order valence-corrected chi connectivity index (χ0v) is 9.45. The molecule has 0 aromatic carbocycles. The number of hydrogen-bond donors (Lipinski definition) is 2. The Hall–Kier alpha value is -0.0800. The monoisotopic (exact) mass is 198 g/mol. The predicted molar refractivity (Wildman–Crippen MR) is 55.9 cm³/mol. The van der Waals surface area contributed by atoms with Crippen LogP contribution in [-0.2, 0) is 0 Å². The third-order valence-electron chi connectivity index (χ3n) is 4.85. The molecule has 2 nitrogen and oxygen atoms in total. The van der Waals surface area contributed by atoms with E-state index in [1.165, 1.54) is 6.42 Å². The van der Waals surface area contributed by atoms with Crippen LogP contribution < -0.4 is 0 Å². The molecule has 0 saturated heterocycles. The molecule has 2 saturated carbocycles. The number of rotatable bonds is 2. The quantitative estimate of drug-likeness (QED) is 0.712. The average molecular weight is 198 g/mol. The molecule has 4 unspecified atom stereocenters. The third-order valence-corrected chi connectivity index (χ3v) is 4.85. The van der Waals surface area contributed by atoms with Gasteiger partial charge >= 0.3 is 0 Å². The maximum absolute atomic E-state index is 10.7. The molecular formula is C12H22O2. The topological polar surface area (TPSA) is 40.5 Å². The first-order chi connectivity index (χ1) is 6.38. The maximum atomic E-state index is 10.7. The van der Waals surface area contributed by atoms with Gasteiger partial charge in [0.2, 0.25) is 0 Å². The van der Waals surface area contributed by atoms with E-state index < -0.39 is 11.7 Å². The van der Waals surface area contributed by atoms with Crippen molar-refractivity contribution in [1.29, 1.82) is 0 Å². The molecule has 4 atom stereocenters. The molecule has 0 aromatic rings. The fraction of sp³-hybridized carbons (Fsp3) is 1.00. The molecule has 2 aliphatic carbocycles. The number of aliphatic hydroxyl groups excluding tert-OH is 1. The van der Waals surface area contributed by atoms with Gasteiger partial charge in [-0.15, -0.1) is 0 Å². The van der Waals surface area contributed by atoms with E-state index in [1.807, 2.05) is 0 Å². The van der Waals surface area contributed by atoms with E-state index >= 15 is 0 Å². The van der Waals surface area contributed by atoms with E-state index in [1.54, 1.807) is 6.92 Å². The molecule has 2 rings (SSSR count). The summed E-state index contributed by atoms with van der Waals surface area (Å²) in [4.78, 5) is 0. The highest BCUT2D eigenvalue weighted by molar-refractivity contribution is 5.12. The zero-order chi connectivity index (χ0) is 10.6. The van der Waals surface area contributed by atoms with Crippen molar-refractivity contribution < 1.29 is 10.2 Å². The minimum Gasteiger partial charge on any atom is -0.393 e. The summed E-state index contributed by atoms with van der Waals surface area (Å²) in [5.41, 5.74) is -0.628. The van der Waals surface area contributed by atoms with Crippen LogP contribution in [0, 0.1) is 17.3 Å². The first-order valence-electron chi connectivity index (χ1n) is 5.78. The van der Waals surface area contributed by atoms with Gasteiger partial charge in [0.05, 0.1) is 11.7 Å². The predicted octanol–water partition coefficient (Wildman–Crippen LogP) is 1.94. The summed E-state index contributed by atoms with van der Waals surface area (Å²) < 4.78 is 0. The van der Waals surface area contributed by atoms with E-state index in [0.717, 1.165) is 12.8 Å². The Morgan fingerprint density at radius 3 is 2.29 bits per heavy atom. The van der Waals surface area contributed by atoms with Crippen LogP contribution in [0.3, 0.4) is 0 Å². The van der Waals surface area contributed by atoms with Gasteiger partial charge in [-0.05, 0) is 43.4 Å². The lowest BCUT2D eigenvalue weighted by Gasteiger charge is -2.46. The molecule has 14 heavy (non-hydrogen) atoms. The maximum Gasteiger partial charge on any atom is 0.0753 e. The number of aliphatic hydroxyl groups is 2. The van der Waals surface area contributed by atoms with Crippen LogP contribution in [-0.4, -0.2) is 21.9 Å². The van der Waals surface area contributed by atoms with Crippen LogP contribution in [0.25, 0.3) is 0 Å². The van der Waals surface area contributed by atoms with Crippen molar-refractivity contribution in [2.24, 2.45) is 17.3 Å². The summed E-state index contributed by atoms with van der Waals surface area (Å²) in [6, 6.07) is 0. The standard InChI is InChI=1S/C12H22O2/c1-8(13)7-12(14)10-5-4-9(6-10)11(12,2)3/h8-10,13-14H,4-7H2,1-3H3. The highest BCUT2D eigenvalue weighted by atomic mass is 16.3. The lowest BCUT2D eigenvalue weighted by Crippen LogP contribution is -2.51. The molecule has 82 valence electrons. The van der Waals surface area contributed by atoms with Gasteiger partial charge in [0.15, 0.2) is 0 Å². The van der Waals surface area contributed by atoms with Crippen LogP contribution in [0.15, 0.2) is 0 Å². The molecule has 0 aliphatic heterocycles. The first-order valence-corrected chi connectivity index (χ1v) is 5.78. The fourth-order valence-corrected chi connectivity index (χ4v) is 3.83. The van der Waals surface area contributed by atoms with Crippen molar-refractivity contribution in [2.45, 2.75) is 58.2 Å². The Morgan fingerprint density at radius 2 is 1.86 bits per heavy atom. The van der Waals surface area contributed by atoms with Crippen molar-refractivity contribution in [1.82, 2.24) is 0 Å². The van der Waals surface area contributed by atoms with Gasteiger partial charge in [0, 0.05) is 6.42 Å². The summed E-state index contributed by atoms with van der Waals surface area (Å²) >= 11 is 0. The smallest absolute Gasteiger partial charge is 0.0753 e. The van der Waals surface area contributed by atoms with Gasteiger partial charge in [-0.3, -0.25) is 0 Å². The van der Waals surface area contributed by atoms with Crippen LogP contribution in [0.5, 0.6) is 0 Å². The zero-order valence-electron chi connectivity index (χ0n) is 9.45. The molecule has 2 heteroatoms. The van der Waals surface area contributed by atoms with E-state index in [9.17, 15) is 10.2 Å². The Labute approximate surface area is 86.3 Å². The molecule has 2 N–H and O–H groups in total. The first kappa shape index (κ1) is 10.4. The largest absolute Gasteiger partial charge is 0.393 e. The Kier molecular flexibility index (Phi) is 2.20. The molecule has 2 fully saturated rings. The van der Waals surface area contributed by atoms with Crippen LogP contribution in [0.4, 0.5) is 0 Å². The van der Waals surface area contributed by atoms with Gasteiger partial charge < -0.3 is 10.2 Å². The van der Waals surface area contributed by atoms with Gasteiger partial charge in [-0.1, -0.05) is 13.8 Å². The highest BCUT2D eigenvalue weighted by Crippen LogP contribution is 2.62. The van der Waals surface area contributed by atoms with Gasteiger partial charge in [-0.25, -0.2) is 0 Å². The molecule has 0 radical (unpaired) electrons. The van der Waals surface area contributed by atoms with Crippen molar-refractivity contribution in [3.05, 3.63) is 0 Å². The van der Waals surface area contributed by atoms with Crippen molar-refractivity contribution in [3.8, 4) is 0 Å².